The van der Waals surface area contributed by atoms with E-state index in [1.54, 1.807) is 18.3 Å². The second kappa shape index (κ2) is 5.91. The lowest BCUT2D eigenvalue weighted by Crippen LogP contribution is -2.42. The van der Waals surface area contributed by atoms with E-state index >= 15 is 0 Å². The average molecular weight is 324 g/mol. The highest BCUT2D eigenvalue weighted by Crippen LogP contribution is 2.38. The van der Waals surface area contributed by atoms with Crippen LogP contribution in [0.4, 0.5) is 0 Å². The van der Waals surface area contributed by atoms with Gasteiger partial charge in [0, 0.05) is 32.3 Å². The zero-order valence-electron chi connectivity index (χ0n) is 13.4. The third-order valence-electron chi connectivity index (χ3n) is 5.04. The quantitative estimate of drug-likeness (QED) is 0.940. The lowest BCUT2D eigenvalue weighted by atomic mass is 9.90. The summed E-state index contributed by atoms with van der Waals surface area (Å²) in [5.41, 5.74) is 2.04. The van der Waals surface area contributed by atoms with Gasteiger partial charge in [-0.1, -0.05) is 18.2 Å². The zero-order chi connectivity index (χ0) is 16.6. The standard InChI is InChI=1S/C19H20N2O3/c22-18(23)15-5-3-10-20-16(15)12-21-11-9-19(13-21)8-7-14-4-1-2-6-17(14)24-19/h1-6,10H,7-9,11-13H2,(H,22,23). The Balaban J connectivity index is 1.49. The number of rotatable bonds is 3. The number of ether oxygens (including phenoxy) is 1. The van der Waals surface area contributed by atoms with Gasteiger partial charge < -0.3 is 9.84 Å². The van der Waals surface area contributed by atoms with Crippen molar-refractivity contribution >= 4 is 5.97 Å². The summed E-state index contributed by atoms with van der Waals surface area (Å²) in [6.45, 7) is 2.27. The van der Waals surface area contributed by atoms with Crippen molar-refractivity contribution in [3.63, 3.8) is 0 Å². The zero-order valence-corrected chi connectivity index (χ0v) is 13.4. The SMILES string of the molecule is O=C(O)c1cccnc1CN1CCC2(CCc3ccccc3O2)C1. The number of nitrogens with zero attached hydrogens (tertiary/aromatic N) is 2. The van der Waals surface area contributed by atoms with Gasteiger partial charge in [0.15, 0.2) is 0 Å². The normalized spacial score (nSPS) is 23.0. The minimum Gasteiger partial charge on any atom is -0.486 e. The molecule has 5 heteroatoms. The number of fused-ring (bicyclic) bond motifs is 1. The Morgan fingerprint density at radius 2 is 2.12 bits per heavy atom. The molecule has 1 fully saturated rings. The van der Waals surface area contributed by atoms with Crippen LogP contribution >= 0.6 is 0 Å². The molecule has 4 rings (SSSR count). The molecule has 5 nitrogen and oxygen atoms in total. The van der Waals surface area contributed by atoms with E-state index in [2.05, 4.69) is 22.0 Å². The van der Waals surface area contributed by atoms with Crippen molar-refractivity contribution in [3.8, 4) is 5.75 Å². The highest BCUT2D eigenvalue weighted by atomic mass is 16.5. The topological polar surface area (TPSA) is 62.7 Å². The molecule has 0 radical (unpaired) electrons. The van der Waals surface area contributed by atoms with Gasteiger partial charge in [-0.25, -0.2) is 4.79 Å². The Morgan fingerprint density at radius 1 is 1.25 bits per heavy atom. The number of benzene rings is 1. The van der Waals surface area contributed by atoms with Crippen LogP contribution in [0.3, 0.4) is 0 Å². The fourth-order valence-electron chi connectivity index (χ4n) is 3.78. The number of para-hydroxylation sites is 1. The van der Waals surface area contributed by atoms with Gasteiger partial charge in [0.2, 0.25) is 0 Å². The van der Waals surface area contributed by atoms with E-state index in [4.69, 9.17) is 4.74 Å². The molecule has 2 aromatic rings. The van der Waals surface area contributed by atoms with Crippen LogP contribution in [0, 0.1) is 0 Å². The van der Waals surface area contributed by atoms with E-state index in [9.17, 15) is 9.90 Å². The highest BCUT2D eigenvalue weighted by Gasteiger charge is 2.42. The first-order chi connectivity index (χ1) is 11.7. The molecule has 1 saturated heterocycles. The molecule has 2 aliphatic rings. The summed E-state index contributed by atoms with van der Waals surface area (Å²) in [7, 11) is 0. The van der Waals surface area contributed by atoms with Crippen LogP contribution in [-0.4, -0.2) is 39.7 Å². The van der Waals surface area contributed by atoms with Gasteiger partial charge >= 0.3 is 5.97 Å². The molecule has 124 valence electrons. The van der Waals surface area contributed by atoms with Crippen molar-refractivity contribution in [3.05, 3.63) is 59.4 Å². The molecule has 24 heavy (non-hydrogen) atoms. The number of aromatic carboxylic acids is 1. The maximum atomic E-state index is 11.3. The van der Waals surface area contributed by atoms with E-state index in [0.717, 1.165) is 38.1 Å². The minimum absolute atomic E-state index is 0.146. The van der Waals surface area contributed by atoms with Gasteiger partial charge in [-0.05, 0) is 36.6 Å². The number of aryl methyl sites for hydroxylation is 1. The van der Waals surface area contributed by atoms with Gasteiger partial charge in [0.1, 0.15) is 11.4 Å². The molecule has 0 aliphatic carbocycles. The van der Waals surface area contributed by atoms with Crippen LogP contribution in [-0.2, 0) is 13.0 Å². The fourth-order valence-corrected chi connectivity index (χ4v) is 3.78. The Hall–Kier alpha value is -2.40. The third kappa shape index (κ3) is 2.76. The molecule has 1 spiro atoms. The monoisotopic (exact) mass is 324 g/mol. The van der Waals surface area contributed by atoms with Gasteiger partial charge in [-0.2, -0.15) is 0 Å². The molecule has 3 heterocycles. The first-order valence-electron chi connectivity index (χ1n) is 8.32. The summed E-state index contributed by atoms with van der Waals surface area (Å²) in [5, 5.41) is 9.31. The van der Waals surface area contributed by atoms with E-state index in [-0.39, 0.29) is 11.2 Å². The fraction of sp³-hybridized carbons (Fsp3) is 0.368. The number of carboxylic acid groups (broad SMARTS) is 1. The number of aromatic nitrogens is 1. The summed E-state index contributed by atoms with van der Waals surface area (Å²) in [6.07, 6.45) is 4.67. The molecule has 2 aliphatic heterocycles. The second-order valence-corrected chi connectivity index (χ2v) is 6.66. The van der Waals surface area contributed by atoms with Gasteiger partial charge in [0.05, 0.1) is 11.3 Å². The number of hydrogen-bond acceptors (Lipinski definition) is 4. The first kappa shape index (κ1) is 15.1. The molecule has 0 saturated carbocycles. The molecule has 1 unspecified atom stereocenters. The predicted octanol–water partition coefficient (Wildman–Crippen LogP) is 2.75. The number of likely N-dealkylation sites (tertiary alicyclic amines) is 1. The molecule has 0 amide bonds. The Morgan fingerprint density at radius 3 is 3.00 bits per heavy atom. The van der Waals surface area contributed by atoms with Gasteiger partial charge in [-0.15, -0.1) is 0 Å². The van der Waals surface area contributed by atoms with Crippen LogP contribution in [0.1, 0.15) is 34.5 Å². The lowest BCUT2D eigenvalue weighted by Gasteiger charge is -2.35. The highest BCUT2D eigenvalue weighted by molar-refractivity contribution is 5.88. The smallest absolute Gasteiger partial charge is 0.337 e. The minimum atomic E-state index is -0.921. The van der Waals surface area contributed by atoms with Crippen molar-refractivity contribution in [2.24, 2.45) is 0 Å². The molecule has 1 atom stereocenters. The van der Waals surface area contributed by atoms with Crippen molar-refractivity contribution in [2.45, 2.75) is 31.4 Å². The Kier molecular flexibility index (Phi) is 3.73. The van der Waals surface area contributed by atoms with E-state index in [1.807, 2.05) is 12.1 Å². The van der Waals surface area contributed by atoms with Crippen molar-refractivity contribution < 1.29 is 14.6 Å². The summed E-state index contributed by atoms with van der Waals surface area (Å²) in [6, 6.07) is 11.5. The molecule has 1 N–H and O–H groups in total. The molecular weight excluding hydrogens is 304 g/mol. The number of carbonyl (C=O) groups is 1. The van der Waals surface area contributed by atoms with Crippen LogP contribution in [0.2, 0.25) is 0 Å². The lowest BCUT2D eigenvalue weighted by molar-refractivity contribution is 0.0535. The summed E-state index contributed by atoms with van der Waals surface area (Å²) < 4.78 is 6.35. The van der Waals surface area contributed by atoms with E-state index in [0.29, 0.717) is 12.2 Å². The van der Waals surface area contributed by atoms with Crippen molar-refractivity contribution in [1.29, 1.82) is 0 Å². The molecule has 1 aromatic carbocycles. The third-order valence-corrected chi connectivity index (χ3v) is 5.04. The Bertz CT molecular complexity index is 777. The van der Waals surface area contributed by atoms with Gasteiger partial charge in [0.25, 0.3) is 0 Å². The molecule has 1 aromatic heterocycles. The number of pyridine rings is 1. The maximum absolute atomic E-state index is 11.3. The number of carboxylic acids is 1. The predicted molar refractivity (Wildman–Crippen MR) is 89.2 cm³/mol. The summed E-state index contributed by atoms with van der Waals surface area (Å²) in [5.74, 6) is 0.0736. The average Bonchev–Trinajstić information content (AvgIpc) is 2.97. The Labute approximate surface area is 140 Å². The van der Waals surface area contributed by atoms with Crippen molar-refractivity contribution in [1.82, 2.24) is 9.88 Å². The van der Waals surface area contributed by atoms with Crippen LogP contribution < -0.4 is 4.74 Å². The first-order valence-corrected chi connectivity index (χ1v) is 8.32. The second-order valence-electron chi connectivity index (χ2n) is 6.66. The van der Waals surface area contributed by atoms with E-state index in [1.165, 1.54) is 5.56 Å². The largest absolute Gasteiger partial charge is 0.486 e. The maximum Gasteiger partial charge on any atom is 0.337 e. The van der Waals surface area contributed by atoms with Crippen molar-refractivity contribution in [2.75, 3.05) is 13.1 Å². The van der Waals surface area contributed by atoms with Crippen LogP contribution in [0.15, 0.2) is 42.6 Å². The van der Waals surface area contributed by atoms with E-state index < -0.39 is 5.97 Å². The van der Waals surface area contributed by atoms with Gasteiger partial charge in [-0.3, -0.25) is 9.88 Å². The number of hydrogen-bond donors (Lipinski definition) is 1. The summed E-state index contributed by atoms with van der Waals surface area (Å²) >= 11 is 0. The van der Waals surface area contributed by atoms with Crippen LogP contribution in [0.5, 0.6) is 5.75 Å². The summed E-state index contributed by atoms with van der Waals surface area (Å²) in [4.78, 5) is 17.9. The van der Waals surface area contributed by atoms with Crippen LogP contribution in [0.25, 0.3) is 0 Å². The molecule has 0 bridgehead atoms. The molecular formula is C19H20N2O3.